The third kappa shape index (κ3) is 4.21. The van der Waals surface area contributed by atoms with Crippen LogP contribution in [0.15, 0.2) is 47.4 Å². The fourth-order valence-electron chi connectivity index (χ4n) is 1.94. The van der Waals surface area contributed by atoms with Crippen LogP contribution >= 0.6 is 0 Å². The van der Waals surface area contributed by atoms with E-state index in [4.69, 9.17) is 4.74 Å². The Bertz CT molecular complexity index is 675. The minimum atomic E-state index is -0.105. The van der Waals surface area contributed by atoms with Crippen molar-refractivity contribution >= 4 is 11.6 Å². The van der Waals surface area contributed by atoms with E-state index in [2.05, 4.69) is 5.32 Å². The minimum absolute atomic E-state index is 0.0792. The van der Waals surface area contributed by atoms with Crippen molar-refractivity contribution in [1.29, 1.82) is 0 Å². The first-order valence-electron chi connectivity index (χ1n) is 6.68. The van der Waals surface area contributed by atoms with E-state index in [0.717, 1.165) is 11.3 Å². The SMILES string of the molecule is COc1ccc(CCC(=O)Nc2ccc(=O)n(C)c2)cc1. The Kier molecular flexibility index (Phi) is 4.77. The van der Waals surface area contributed by atoms with Crippen LogP contribution in [0.2, 0.25) is 0 Å². The number of anilines is 1. The molecule has 1 aromatic carbocycles. The molecule has 1 aromatic heterocycles. The molecule has 0 aliphatic rings. The topological polar surface area (TPSA) is 60.3 Å². The Labute approximate surface area is 123 Å². The summed E-state index contributed by atoms with van der Waals surface area (Å²) in [5.74, 6) is 0.720. The highest BCUT2D eigenvalue weighted by molar-refractivity contribution is 5.90. The van der Waals surface area contributed by atoms with E-state index in [1.165, 1.54) is 10.6 Å². The highest BCUT2D eigenvalue weighted by Crippen LogP contribution is 2.13. The zero-order valence-corrected chi connectivity index (χ0v) is 12.1. The van der Waals surface area contributed by atoms with Gasteiger partial charge in [0.2, 0.25) is 11.5 Å². The van der Waals surface area contributed by atoms with Gasteiger partial charge in [0.25, 0.3) is 0 Å². The molecular weight excluding hydrogens is 268 g/mol. The van der Waals surface area contributed by atoms with Crippen molar-refractivity contribution in [2.75, 3.05) is 12.4 Å². The molecule has 5 heteroatoms. The summed E-state index contributed by atoms with van der Waals surface area (Å²) in [5, 5.41) is 2.78. The standard InChI is InChI=1S/C16H18N2O3/c1-18-11-13(6-10-16(18)20)17-15(19)9-5-12-3-7-14(21-2)8-4-12/h3-4,6-8,10-11H,5,9H2,1-2H3,(H,17,19). The smallest absolute Gasteiger partial charge is 0.250 e. The number of nitrogens with one attached hydrogen (secondary N) is 1. The van der Waals surface area contributed by atoms with Crippen LogP contribution < -0.4 is 15.6 Å². The number of aromatic nitrogens is 1. The van der Waals surface area contributed by atoms with Gasteiger partial charge >= 0.3 is 0 Å². The van der Waals surface area contributed by atoms with E-state index in [9.17, 15) is 9.59 Å². The Balaban J connectivity index is 1.89. The number of hydrogen-bond donors (Lipinski definition) is 1. The molecule has 0 radical (unpaired) electrons. The first kappa shape index (κ1) is 14.8. The molecule has 1 heterocycles. The maximum absolute atomic E-state index is 11.9. The van der Waals surface area contributed by atoms with E-state index >= 15 is 0 Å². The van der Waals surface area contributed by atoms with Gasteiger partial charge in [0.1, 0.15) is 5.75 Å². The summed E-state index contributed by atoms with van der Waals surface area (Å²) in [5.41, 5.74) is 1.59. The molecule has 2 aromatic rings. The number of pyridine rings is 1. The summed E-state index contributed by atoms with van der Waals surface area (Å²) in [6, 6.07) is 10.7. The van der Waals surface area contributed by atoms with Gasteiger partial charge in [0.15, 0.2) is 0 Å². The molecule has 5 nitrogen and oxygen atoms in total. The van der Waals surface area contributed by atoms with Crippen LogP contribution in [-0.2, 0) is 18.3 Å². The molecule has 0 unspecified atom stereocenters. The van der Waals surface area contributed by atoms with Gasteiger partial charge in [-0.1, -0.05) is 12.1 Å². The third-order valence-corrected chi connectivity index (χ3v) is 3.17. The van der Waals surface area contributed by atoms with Crippen molar-refractivity contribution < 1.29 is 9.53 Å². The largest absolute Gasteiger partial charge is 0.497 e. The Morgan fingerprint density at radius 3 is 2.52 bits per heavy atom. The van der Waals surface area contributed by atoms with Crippen molar-refractivity contribution in [3.8, 4) is 5.75 Å². The summed E-state index contributed by atoms with van der Waals surface area (Å²) in [4.78, 5) is 23.1. The lowest BCUT2D eigenvalue weighted by Gasteiger charge is -2.07. The monoisotopic (exact) mass is 286 g/mol. The van der Waals surface area contributed by atoms with E-state index in [1.54, 1.807) is 26.4 Å². The van der Waals surface area contributed by atoms with Gasteiger partial charge in [-0.3, -0.25) is 9.59 Å². The van der Waals surface area contributed by atoms with Crippen molar-refractivity contribution in [2.24, 2.45) is 7.05 Å². The molecule has 1 amide bonds. The number of rotatable bonds is 5. The quantitative estimate of drug-likeness (QED) is 0.914. The zero-order valence-electron chi connectivity index (χ0n) is 12.1. The summed E-state index contributed by atoms with van der Waals surface area (Å²) in [6.45, 7) is 0. The second-order valence-corrected chi connectivity index (χ2v) is 4.76. The van der Waals surface area contributed by atoms with Gasteiger partial charge in [-0.05, 0) is 30.2 Å². The predicted molar refractivity (Wildman–Crippen MR) is 81.6 cm³/mol. The van der Waals surface area contributed by atoms with E-state index in [0.29, 0.717) is 18.5 Å². The number of nitrogens with zero attached hydrogens (tertiary/aromatic N) is 1. The molecule has 110 valence electrons. The number of aryl methyl sites for hydroxylation is 2. The molecule has 0 aliphatic carbocycles. The average molecular weight is 286 g/mol. The second kappa shape index (κ2) is 6.74. The third-order valence-electron chi connectivity index (χ3n) is 3.17. The zero-order chi connectivity index (χ0) is 15.2. The molecule has 0 bridgehead atoms. The lowest BCUT2D eigenvalue weighted by atomic mass is 10.1. The molecule has 0 saturated carbocycles. The summed E-state index contributed by atoms with van der Waals surface area (Å²) in [6.07, 6.45) is 2.64. The fourth-order valence-corrected chi connectivity index (χ4v) is 1.94. The summed E-state index contributed by atoms with van der Waals surface area (Å²) in [7, 11) is 3.27. The maximum Gasteiger partial charge on any atom is 0.250 e. The predicted octanol–water partition coefficient (Wildman–Crippen LogP) is 1.97. The molecule has 21 heavy (non-hydrogen) atoms. The van der Waals surface area contributed by atoms with Crippen molar-refractivity contribution in [3.05, 3.63) is 58.5 Å². The Morgan fingerprint density at radius 1 is 1.19 bits per heavy atom. The Morgan fingerprint density at radius 2 is 1.90 bits per heavy atom. The van der Waals surface area contributed by atoms with Crippen LogP contribution in [0.25, 0.3) is 0 Å². The van der Waals surface area contributed by atoms with Crippen LogP contribution in [0.5, 0.6) is 5.75 Å². The van der Waals surface area contributed by atoms with Crippen LogP contribution in [-0.4, -0.2) is 17.6 Å². The molecule has 0 spiro atoms. The van der Waals surface area contributed by atoms with Crippen LogP contribution in [0, 0.1) is 0 Å². The van der Waals surface area contributed by atoms with Crippen LogP contribution in [0.4, 0.5) is 5.69 Å². The van der Waals surface area contributed by atoms with E-state index in [1.807, 2.05) is 24.3 Å². The molecule has 0 aliphatic heterocycles. The molecule has 0 saturated heterocycles. The van der Waals surface area contributed by atoms with Crippen LogP contribution in [0.3, 0.4) is 0 Å². The van der Waals surface area contributed by atoms with Gasteiger partial charge in [-0.15, -0.1) is 0 Å². The van der Waals surface area contributed by atoms with Crippen LogP contribution in [0.1, 0.15) is 12.0 Å². The second-order valence-electron chi connectivity index (χ2n) is 4.76. The highest BCUT2D eigenvalue weighted by Gasteiger charge is 2.04. The molecule has 0 atom stereocenters. The Hall–Kier alpha value is -2.56. The van der Waals surface area contributed by atoms with Gasteiger partial charge in [0.05, 0.1) is 12.8 Å². The van der Waals surface area contributed by atoms with E-state index < -0.39 is 0 Å². The molecular formula is C16H18N2O3. The molecule has 0 fully saturated rings. The summed E-state index contributed by atoms with van der Waals surface area (Å²) < 4.78 is 6.52. The van der Waals surface area contributed by atoms with Gasteiger partial charge < -0.3 is 14.6 Å². The van der Waals surface area contributed by atoms with Gasteiger partial charge in [-0.25, -0.2) is 0 Å². The van der Waals surface area contributed by atoms with Crippen molar-refractivity contribution in [3.63, 3.8) is 0 Å². The van der Waals surface area contributed by atoms with Crippen molar-refractivity contribution in [1.82, 2.24) is 4.57 Å². The lowest BCUT2D eigenvalue weighted by Crippen LogP contribution is -2.18. The van der Waals surface area contributed by atoms with Gasteiger partial charge in [0, 0.05) is 25.7 Å². The molecule has 1 N–H and O–H groups in total. The number of hydrogen-bond acceptors (Lipinski definition) is 3. The average Bonchev–Trinajstić information content (AvgIpc) is 2.49. The maximum atomic E-state index is 11.9. The van der Waals surface area contributed by atoms with Gasteiger partial charge in [-0.2, -0.15) is 0 Å². The number of amides is 1. The lowest BCUT2D eigenvalue weighted by molar-refractivity contribution is -0.116. The van der Waals surface area contributed by atoms with E-state index in [-0.39, 0.29) is 11.5 Å². The number of benzene rings is 1. The number of methoxy groups -OCH3 is 1. The number of carbonyl (C=O) groups excluding carboxylic acids is 1. The number of carbonyl (C=O) groups is 1. The van der Waals surface area contributed by atoms with Crippen molar-refractivity contribution in [2.45, 2.75) is 12.8 Å². The summed E-state index contributed by atoms with van der Waals surface area (Å²) >= 11 is 0. The highest BCUT2D eigenvalue weighted by atomic mass is 16.5. The minimum Gasteiger partial charge on any atom is -0.497 e. The number of ether oxygens (including phenoxy) is 1. The first-order valence-corrected chi connectivity index (χ1v) is 6.68. The fraction of sp³-hybridized carbons (Fsp3) is 0.250. The molecule has 2 rings (SSSR count). The first-order chi connectivity index (χ1) is 10.1. The normalized spacial score (nSPS) is 10.2.